The summed E-state index contributed by atoms with van der Waals surface area (Å²) in [6.07, 6.45) is -2.58. The Morgan fingerprint density at radius 1 is 1.30 bits per heavy atom. The van der Waals surface area contributed by atoms with Crippen molar-refractivity contribution in [1.29, 1.82) is 0 Å². The van der Waals surface area contributed by atoms with Gasteiger partial charge in [-0.2, -0.15) is 13.2 Å². The summed E-state index contributed by atoms with van der Waals surface area (Å²) >= 11 is 0. The molecule has 0 aromatic heterocycles. The van der Waals surface area contributed by atoms with Crippen LogP contribution >= 0.6 is 0 Å². The van der Waals surface area contributed by atoms with Gasteiger partial charge in [0, 0.05) is 19.1 Å². The quantitative estimate of drug-likeness (QED) is 0.873. The van der Waals surface area contributed by atoms with Crippen LogP contribution in [0.15, 0.2) is 24.3 Å². The standard InChI is InChI=1S/C14H16F3NO2/c15-14(16,17)12-4-2-1-3-10(12)9-18(11-5-6-11)8-7-13(19)20/h1-4,11H,5-9H2,(H,19,20). The Labute approximate surface area is 115 Å². The molecule has 1 aliphatic carbocycles. The van der Waals surface area contributed by atoms with Gasteiger partial charge >= 0.3 is 12.1 Å². The van der Waals surface area contributed by atoms with Gasteiger partial charge in [-0.1, -0.05) is 18.2 Å². The lowest BCUT2D eigenvalue weighted by atomic mass is 10.1. The Balaban J connectivity index is 2.12. The minimum atomic E-state index is -4.38. The zero-order valence-corrected chi connectivity index (χ0v) is 10.9. The van der Waals surface area contributed by atoms with Crippen molar-refractivity contribution in [2.24, 2.45) is 0 Å². The summed E-state index contributed by atoms with van der Waals surface area (Å²) in [5.74, 6) is -0.931. The molecule has 0 amide bonds. The highest BCUT2D eigenvalue weighted by Gasteiger charge is 2.35. The van der Waals surface area contributed by atoms with Gasteiger partial charge < -0.3 is 5.11 Å². The van der Waals surface area contributed by atoms with Crippen molar-refractivity contribution in [1.82, 2.24) is 4.90 Å². The molecule has 1 fully saturated rings. The number of benzene rings is 1. The van der Waals surface area contributed by atoms with E-state index in [4.69, 9.17) is 5.11 Å². The predicted molar refractivity (Wildman–Crippen MR) is 67.1 cm³/mol. The zero-order chi connectivity index (χ0) is 14.8. The van der Waals surface area contributed by atoms with Crippen LogP contribution in [-0.4, -0.2) is 28.6 Å². The summed E-state index contributed by atoms with van der Waals surface area (Å²) in [6.45, 7) is 0.430. The first kappa shape index (κ1) is 14.8. The average Bonchev–Trinajstić information content (AvgIpc) is 3.17. The van der Waals surface area contributed by atoms with E-state index in [0.29, 0.717) is 0 Å². The van der Waals surface area contributed by atoms with E-state index in [2.05, 4.69) is 0 Å². The summed E-state index contributed by atoms with van der Waals surface area (Å²) in [5.41, 5.74) is -0.432. The maximum absolute atomic E-state index is 12.9. The molecule has 3 nitrogen and oxygen atoms in total. The maximum atomic E-state index is 12.9. The molecular weight excluding hydrogens is 271 g/mol. The molecule has 0 aliphatic heterocycles. The molecule has 1 N–H and O–H groups in total. The van der Waals surface area contributed by atoms with Gasteiger partial charge in [0.15, 0.2) is 0 Å². The molecule has 0 radical (unpaired) electrons. The molecule has 0 saturated heterocycles. The first-order valence-electron chi connectivity index (χ1n) is 6.49. The number of carbonyl (C=O) groups is 1. The van der Waals surface area contributed by atoms with Gasteiger partial charge in [0.25, 0.3) is 0 Å². The van der Waals surface area contributed by atoms with Crippen LogP contribution in [-0.2, 0) is 17.5 Å². The molecule has 1 saturated carbocycles. The van der Waals surface area contributed by atoms with Crippen molar-refractivity contribution < 1.29 is 23.1 Å². The van der Waals surface area contributed by atoms with E-state index in [1.54, 1.807) is 6.07 Å². The average molecular weight is 287 g/mol. The van der Waals surface area contributed by atoms with Gasteiger partial charge in [-0.15, -0.1) is 0 Å². The van der Waals surface area contributed by atoms with Crippen LogP contribution in [0.1, 0.15) is 30.4 Å². The third-order valence-corrected chi connectivity index (χ3v) is 3.37. The summed E-state index contributed by atoms with van der Waals surface area (Å²) in [5, 5.41) is 8.71. The van der Waals surface area contributed by atoms with E-state index in [1.165, 1.54) is 12.1 Å². The molecule has 0 heterocycles. The predicted octanol–water partition coefficient (Wildman–Crippen LogP) is 3.14. The Morgan fingerprint density at radius 3 is 2.50 bits per heavy atom. The monoisotopic (exact) mass is 287 g/mol. The lowest BCUT2D eigenvalue weighted by Crippen LogP contribution is -2.29. The topological polar surface area (TPSA) is 40.5 Å². The fourth-order valence-electron chi connectivity index (χ4n) is 2.22. The number of alkyl halides is 3. The van der Waals surface area contributed by atoms with E-state index >= 15 is 0 Å². The second kappa shape index (κ2) is 5.83. The second-order valence-corrected chi connectivity index (χ2v) is 5.00. The van der Waals surface area contributed by atoms with E-state index in [1.807, 2.05) is 4.90 Å². The number of nitrogens with zero attached hydrogens (tertiary/aromatic N) is 1. The fraction of sp³-hybridized carbons (Fsp3) is 0.500. The van der Waals surface area contributed by atoms with Crippen LogP contribution < -0.4 is 0 Å². The summed E-state index contributed by atoms with van der Waals surface area (Å²) in [6, 6.07) is 5.68. The fourth-order valence-corrected chi connectivity index (χ4v) is 2.22. The summed E-state index contributed by atoms with van der Waals surface area (Å²) in [7, 11) is 0. The molecule has 6 heteroatoms. The van der Waals surface area contributed by atoms with Crippen molar-refractivity contribution in [3.05, 3.63) is 35.4 Å². The normalized spacial score (nSPS) is 15.6. The SMILES string of the molecule is O=C(O)CCN(Cc1ccccc1C(F)(F)F)C1CC1. The van der Waals surface area contributed by atoms with Crippen LogP contribution in [0.2, 0.25) is 0 Å². The number of aliphatic carboxylic acids is 1. The largest absolute Gasteiger partial charge is 0.481 e. The van der Waals surface area contributed by atoms with Gasteiger partial charge in [0.2, 0.25) is 0 Å². The zero-order valence-electron chi connectivity index (χ0n) is 10.9. The van der Waals surface area contributed by atoms with Gasteiger partial charge in [0.05, 0.1) is 12.0 Å². The molecule has 0 unspecified atom stereocenters. The lowest BCUT2D eigenvalue weighted by molar-refractivity contribution is -0.139. The van der Waals surface area contributed by atoms with Gasteiger partial charge in [0.1, 0.15) is 0 Å². The van der Waals surface area contributed by atoms with Crippen molar-refractivity contribution in [2.45, 2.75) is 38.0 Å². The molecule has 0 spiro atoms. The molecule has 1 aliphatic rings. The highest BCUT2D eigenvalue weighted by molar-refractivity contribution is 5.66. The number of carboxylic acid groups (broad SMARTS) is 1. The minimum Gasteiger partial charge on any atom is -0.481 e. The van der Waals surface area contributed by atoms with Crippen LogP contribution in [0, 0.1) is 0 Å². The molecule has 110 valence electrons. The summed E-state index contributed by atoms with van der Waals surface area (Å²) < 4.78 is 38.8. The Hall–Kier alpha value is -1.56. The van der Waals surface area contributed by atoms with E-state index in [0.717, 1.165) is 18.9 Å². The van der Waals surface area contributed by atoms with Gasteiger partial charge in [-0.25, -0.2) is 0 Å². The third-order valence-electron chi connectivity index (χ3n) is 3.37. The highest BCUT2D eigenvalue weighted by Crippen LogP contribution is 2.34. The van der Waals surface area contributed by atoms with Crippen molar-refractivity contribution >= 4 is 5.97 Å². The van der Waals surface area contributed by atoms with Crippen LogP contribution in [0.4, 0.5) is 13.2 Å². The second-order valence-electron chi connectivity index (χ2n) is 5.00. The number of hydrogen-bond donors (Lipinski definition) is 1. The smallest absolute Gasteiger partial charge is 0.416 e. The number of hydrogen-bond acceptors (Lipinski definition) is 2. The van der Waals surface area contributed by atoms with Crippen LogP contribution in [0.5, 0.6) is 0 Å². The van der Waals surface area contributed by atoms with Crippen molar-refractivity contribution in [3.8, 4) is 0 Å². The van der Waals surface area contributed by atoms with Crippen LogP contribution in [0.25, 0.3) is 0 Å². The Morgan fingerprint density at radius 2 is 1.95 bits per heavy atom. The maximum Gasteiger partial charge on any atom is 0.416 e. The van der Waals surface area contributed by atoms with Gasteiger partial charge in [-0.3, -0.25) is 9.69 Å². The Kier molecular flexibility index (Phi) is 4.32. The third kappa shape index (κ3) is 3.96. The molecule has 1 aromatic carbocycles. The van der Waals surface area contributed by atoms with Crippen molar-refractivity contribution in [3.63, 3.8) is 0 Å². The first-order valence-corrected chi connectivity index (χ1v) is 6.49. The molecule has 20 heavy (non-hydrogen) atoms. The number of rotatable bonds is 6. The minimum absolute atomic E-state index is 0.0509. The number of carboxylic acids is 1. The molecular formula is C14H16F3NO2. The first-order chi connectivity index (χ1) is 9.38. The van der Waals surface area contributed by atoms with Crippen molar-refractivity contribution in [2.75, 3.05) is 6.54 Å². The highest BCUT2D eigenvalue weighted by atomic mass is 19.4. The molecule has 2 rings (SSSR count). The van der Waals surface area contributed by atoms with E-state index < -0.39 is 17.7 Å². The summed E-state index contributed by atoms with van der Waals surface area (Å²) in [4.78, 5) is 12.5. The Bertz CT molecular complexity index is 484. The lowest BCUT2D eigenvalue weighted by Gasteiger charge is -2.23. The molecule has 1 aromatic rings. The molecule has 0 bridgehead atoms. The van der Waals surface area contributed by atoms with Gasteiger partial charge in [-0.05, 0) is 24.5 Å². The van der Waals surface area contributed by atoms with E-state index in [9.17, 15) is 18.0 Å². The van der Waals surface area contributed by atoms with E-state index in [-0.39, 0.29) is 31.1 Å². The molecule has 0 atom stereocenters. The number of halogens is 3. The van der Waals surface area contributed by atoms with Crippen LogP contribution in [0.3, 0.4) is 0 Å².